The van der Waals surface area contributed by atoms with Crippen molar-refractivity contribution >= 4 is 12.1 Å². The molecule has 0 radical (unpaired) electrons. The molecular weight excluding hydrogens is 214 g/mol. The van der Waals surface area contributed by atoms with Crippen LogP contribution in [-0.4, -0.2) is 12.1 Å². The fourth-order valence-corrected chi connectivity index (χ4v) is 2.07. The van der Waals surface area contributed by atoms with E-state index in [-0.39, 0.29) is 5.56 Å². The van der Waals surface area contributed by atoms with Crippen molar-refractivity contribution in [3.05, 3.63) is 34.9 Å². The number of halogens is 2. The first-order valence-corrected chi connectivity index (χ1v) is 5.09. The third kappa shape index (κ3) is 2.01. The Labute approximate surface area is 91.3 Å². The normalized spacial score (nSPS) is 19.0. The summed E-state index contributed by atoms with van der Waals surface area (Å²) >= 11 is 0. The molecule has 1 aromatic rings. The fraction of sp³-hybridized carbons (Fsp3) is 0.333. The Balaban J connectivity index is 2.29. The Hall–Kier alpha value is -1.58. The van der Waals surface area contributed by atoms with Crippen LogP contribution in [0.5, 0.6) is 0 Å². The van der Waals surface area contributed by atoms with Gasteiger partial charge < -0.3 is 0 Å². The van der Waals surface area contributed by atoms with E-state index in [4.69, 9.17) is 0 Å². The molecule has 1 atom stereocenters. The predicted octanol–water partition coefficient (Wildman–Crippen LogP) is 2.40. The molecule has 0 amide bonds. The van der Waals surface area contributed by atoms with Crippen LogP contribution in [-0.2, 0) is 17.6 Å². The van der Waals surface area contributed by atoms with E-state index in [1.54, 1.807) is 6.07 Å². The maximum atomic E-state index is 12.5. The summed E-state index contributed by atoms with van der Waals surface area (Å²) in [5.41, 5.74) is 1.68. The molecule has 0 saturated carbocycles. The van der Waals surface area contributed by atoms with Crippen LogP contribution in [0.3, 0.4) is 0 Å². The first-order valence-electron chi connectivity index (χ1n) is 5.09. The van der Waals surface area contributed by atoms with E-state index in [0.717, 1.165) is 11.1 Å². The Morgan fingerprint density at radius 3 is 2.56 bits per heavy atom. The van der Waals surface area contributed by atoms with Crippen molar-refractivity contribution in [2.24, 2.45) is 5.92 Å². The summed E-state index contributed by atoms with van der Waals surface area (Å²) in [5, 5.41) is 0. The van der Waals surface area contributed by atoms with Gasteiger partial charge in [0.15, 0.2) is 0 Å². The van der Waals surface area contributed by atoms with E-state index in [1.807, 2.05) is 0 Å². The molecule has 4 heteroatoms. The second-order valence-electron chi connectivity index (χ2n) is 4.00. The molecule has 0 fully saturated rings. The largest absolute Gasteiger partial charge is 0.332 e. The smallest absolute Gasteiger partial charge is 0.261 e. The van der Waals surface area contributed by atoms with Gasteiger partial charge >= 0.3 is 12.1 Å². The molecule has 0 saturated heterocycles. The molecule has 0 aliphatic heterocycles. The highest BCUT2D eigenvalue weighted by molar-refractivity contribution is 5.88. The molecule has 0 heterocycles. The minimum atomic E-state index is -1.47. The van der Waals surface area contributed by atoms with Gasteiger partial charge in [-0.25, -0.2) is 0 Å². The molecule has 84 valence electrons. The van der Waals surface area contributed by atoms with Crippen molar-refractivity contribution in [1.29, 1.82) is 0 Å². The number of fused-ring (bicyclic) bond motifs is 1. The number of carbonyl (C=O) groups excluding carboxylic acids is 2. The van der Waals surface area contributed by atoms with Crippen molar-refractivity contribution < 1.29 is 18.4 Å². The Morgan fingerprint density at radius 1 is 1.19 bits per heavy atom. The van der Waals surface area contributed by atoms with E-state index >= 15 is 0 Å². The molecule has 16 heavy (non-hydrogen) atoms. The van der Waals surface area contributed by atoms with Gasteiger partial charge in [0.05, 0.1) is 11.5 Å². The molecule has 1 unspecified atom stereocenters. The lowest BCUT2D eigenvalue weighted by molar-refractivity contribution is -0.133. The molecule has 2 nitrogen and oxygen atoms in total. The predicted molar refractivity (Wildman–Crippen MR) is 53.5 cm³/mol. The average Bonchev–Trinajstić information content (AvgIpc) is 2.27. The maximum absolute atomic E-state index is 12.5. The van der Waals surface area contributed by atoms with E-state index in [9.17, 15) is 18.4 Å². The SMILES string of the molecule is O=C(F)c1ccc2c(c1)CCC(C(=O)F)C2. The summed E-state index contributed by atoms with van der Waals surface area (Å²) < 4.78 is 25.0. The molecule has 0 spiro atoms. The number of hydrogen-bond donors (Lipinski definition) is 0. The van der Waals surface area contributed by atoms with Gasteiger partial charge in [-0.15, -0.1) is 0 Å². The quantitative estimate of drug-likeness (QED) is 0.723. The highest BCUT2D eigenvalue weighted by atomic mass is 19.1. The minimum absolute atomic E-state index is 0.0174. The fourth-order valence-electron chi connectivity index (χ4n) is 2.07. The van der Waals surface area contributed by atoms with Crippen molar-refractivity contribution in [2.75, 3.05) is 0 Å². The Bertz CT molecular complexity index is 454. The molecule has 0 aromatic heterocycles. The number of hydrogen-bond acceptors (Lipinski definition) is 2. The number of carbonyl (C=O) groups is 2. The second-order valence-corrected chi connectivity index (χ2v) is 4.00. The molecule has 0 bridgehead atoms. The van der Waals surface area contributed by atoms with Gasteiger partial charge in [-0.2, -0.15) is 8.78 Å². The second kappa shape index (κ2) is 4.12. The number of benzene rings is 1. The molecule has 2 rings (SSSR count). The summed E-state index contributed by atoms with van der Waals surface area (Å²) in [6.07, 6.45) is 1.27. The summed E-state index contributed by atoms with van der Waals surface area (Å²) in [5.74, 6) is -0.584. The third-order valence-corrected chi connectivity index (χ3v) is 2.98. The van der Waals surface area contributed by atoms with Crippen LogP contribution in [0, 0.1) is 5.92 Å². The van der Waals surface area contributed by atoms with Crippen molar-refractivity contribution in [1.82, 2.24) is 0 Å². The van der Waals surface area contributed by atoms with Gasteiger partial charge in [-0.05, 0) is 42.5 Å². The van der Waals surface area contributed by atoms with Crippen LogP contribution in [0.15, 0.2) is 18.2 Å². The lowest BCUT2D eigenvalue weighted by Gasteiger charge is -2.21. The zero-order valence-corrected chi connectivity index (χ0v) is 8.50. The molecular formula is C12H10F2O2. The van der Waals surface area contributed by atoms with Crippen LogP contribution in [0.1, 0.15) is 27.9 Å². The van der Waals surface area contributed by atoms with Crippen LogP contribution in [0.25, 0.3) is 0 Å². The zero-order chi connectivity index (χ0) is 11.7. The van der Waals surface area contributed by atoms with Gasteiger partial charge in [-0.3, -0.25) is 9.59 Å². The van der Waals surface area contributed by atoms with Crippen molar-refractivity contribution in [3.8, 4) is 0 Å². The van der Waals surface area contributed by atoms with Gasteiger partial charge in [-0.1, -0.05) is 6.07 Å². The monoisotopic (exact) mass is 224 g/mol. The number of aryl methyl sites for hydroxylation is 1. The van der Waals surface area contributed by atoms with Crippen molar-refractivity contribution in [3.63, 3.8) is 0 Å². The summed E-state index contributed by atoms with van der Waals surface area (Å²) in [6, 6.07) is 1.68. The Morgan fingerprint density at radius 2 is 1.94 bits per heavy atom. The first kappa shape index (κ1) is 10.9. The van der Waals surface area contributed by atoms with Gasteiger partial charge in [0.25, 0.3) is 0 Å². The lowest BCUT2D eigenvalue weighted by atomic mass is 9.83. The van der Waals surface area contributed by atoms with Gasteiger partial charge in [0, 0.05) is 0 Å². The first-order chi connectivity index (χ1) is 7.58. The van der Waals surface area contributed by atoms with E-state index in [0.29, 0.717) is 19.3 Å². The van der Waals surface area contributed by atoms with Crippen LogP contribution in [0.4, 0.5) is 8.78 Å². The van der Waals surface area contributed by atoms with Crippen LogP contribution >= 0.6 is 0 Å². The topological polar surface area (TPSA) is 34.1 Å². The van der Waals surface area contributed by atoms with Crippen molar-refractivity contribution in [2.45, 2.75) is 19.3 Å². The van der Waals surface area contributed by atoms with Gasteiger partial charge in [0.1, 0.15) is 0 Å². The minimum Gasteiger partial charge on any atom is -0.261 e. The van der Waals surface area contributed by atoms with E-state index in [1.165, 1.54) is 12.1 Å². The van der Waals surface area contributed by atoms with E-state index < -0.39 is 18.0 Å². The zero-order valence-electron chi connectivity index (χ0n) is 8.50. The molecule has 1 aromatic carbocycles. The van der Waals surface area contributed by atoms with Gasteiger partial charge in [0.2, 0.25) is 0 Å². The standard InChI is InChI=1S/C12H10F2O2/c13-11(15)9-3-1-7-5-10(12(14)16)4-2-8(7)6-9/h1,3,6,10H,2,4-5H2. The third-order valence-electron chi connectivity index (χ3n) is 2.98. The summed E-state index contributed by atoms with van der Waals surface area (Å²) in [6.45, 7) is 0. The highest BCUT2D eigenvalue weighted by Crippen LogP contribution is 2.27. The van der Waals surface area contributed by atoms with Crippen LogP contribution in [0.2, 0.25) is 0 Å². The summed E-state index contributed by atoms with van der Waals surface area (Å²) in [7, 11) is 0. The highest BCUT2D eigenvalue weighted by Gasteiger charge is 2.25. The average molecular weight is 224 g/mol. The lowest BCUT2D eigenvalue weighted by Crippen LogP contribution is -2.20. The molecule has 1 aliphatic carbocycles. The Kier molecular flexibility index (Phi) is 2.81. The van der Waals surface area contributed by atoms with E-state index in [2.05, 4.69) is 0 Å². The molecule has 1 aliphatic rings. The number of rotatable bonds is 2. The van der Waals surface area contributed by atoms with Crippen LogP contribution < -0.4 is 0 Å². The summed E-state index contributed by atoms with van der Waals surface area (Å²) in [4.78, 5) is 21.1. The maximum Gasteiger partial charge on any atom is 0.332 e. The molecule has 0 N–H and O–H groups in total.